The maximum Gasteiger partial charge on any atom is 0.0776 e. The fourth-order valence-electron chi connectivity index (χ4n) is 2.09. The highest BCUT2D eigenvalue weighted by Crippen LogP contribution is 2.36. The zero-order valence-electron chi connectivity index (χ0n) is 9.07. The van der Waals surface area contributed by atoms with Crippen molar-refractivity contribution in [2.24, 2.45) is 11.8 Å². The number of nitrogens with zero attached hydrogens (tertiary/aromatic N) is 2. The van der Waals surface area contributed by atoms with E-state index >= 15 is 0 Å². The molecule has 0 bridgehead atoms. The lowest BCUT2D eigenvalue weighted by Crippen LogP contribution is -2.21. The minimum absolute atomic E-state index is 0.726. The summed E-state index contributed by atoms with van der Waals surface area (Å²) >= 11 is 3.51. The quantitative estimate of drug-likeness (QED) is 0.852. The van der Waals surface area contributed by atoms with E-state index in [4.69, 9.17) is 5.73 Å². The van der Waals surface area contributed by atoms with Crippen LogP contribution >= 0.6 is 15.9 Å². The normalized spacial score (nSPS) is 25.9. The molecule has 1 saturated heterocycles. The second-order valence-electron chi connectivity index (χ2n) is 4.42. The summed E-state index contributed by atoms with van der Waals surface area (Å²) in [6, 6.07) is 0. The molecule has 0 radical (unpaired) electrons. The van der Waals surface area contributed by atoms with E-state index in [2.05, 4.69) is 39.7 Å². The summed E-state index contributed by atoms with van der Waals surface area (Å²) < 4.78 is 0.990. The van der Waals surface area contributed by atoms with Crippen LogP contribution in [0.1, 0.15) is 13.8 Å². The second-order valence-corrected chi connectivity index (χ2v) is 5.27. The molecule has 82 valence electrons. The van der Waals surface area contributed by atoms with E-state index in [1.54, 1.807) is 12.4 Å². The van der Waals surface area contributed by atoms with Gasteiger partial charge in [-0.25, -0.2) is 0 Å². The van der Waals surface area contributed by atoms with Gasteiger partial charge in [0.25, 0.3) is 0 Å². The first kappa shape index (κ1) is 10.7. The number of halogens is 1. The highest BCUT2D eigenvalue weighted by atomic mass is 79.9. The number of anilines is 2. The van der Waals surface area contributed by atoms with E-state index in [-0.39, 0.29) is 0 Å². The molecule has 2 heterocycles. The first-order valence-corrected chi connectivity index (χ1v) is 6.02. The van der Waals surface area contributed by atoms with Crippen LogP contribution < -0.4 is 10.6 Å². The molecule has 0 spiro atoms. The van der Waals surface area contributed by atoms with Crippen molar-refractivity contribution in [1.29, 1.82) is 0 Å². The lowest BCUT2D eigenvalue weighted by molar-refractivity contribution is 0.494. The molecule has 1 aliphatic heterocycles. The van der Waals surface area contributed by atoms with Crippen molar-refractivity contribution in [3.05, 3.63) is 16.9 Å². The minimum atomic E-state index is 0.726. The standard InChI is InChI=1S/C11H16BrN3/c1-7-5-15(6-8(7)2)11-9(12)3-14-4-10(11)13/h3-4,7-8H,5-6,13H2,1-2H3. The molecule has 0 saturated carbocycles. The van der Waals surface area contributed by atoms with Gasteiger partial charge in [0.1, 0.15) is 0 Å². The zero-order chi connectivity index (χ0) is 11.0. The molecule has 0 amide bonds. The summed E-state index contributed by atoms with van der Waals surface area (Å²) in [4.78, 5) is 6.40. The smallest absolute Gasteiger partial charge is 0.0776 e. The minimum Gasteiger partial charge on any atom is -0.396 e. The molecule has 4 heteroatoms. The number of rotatable bonds is 1. The van der Waals surface area contributed by atoms with Crippen LogP contribution in [0.15, 0.2) is 16.9 Å². The van der Waals surface area contributed by atoms with Gasteiger partial charge in [0.2, 0.25) is 0 Å². The summed E-state index contributed by atoms with van der Waals surface area (Å²) in [5.74, 6) is 1.45. The van der Waals surface area contributed by atoms with Gasteiger partial charge in [-0.15, -0.1) is 0 Å². The Bertz CT molecular complexity index is 337. The highest BCUT2D eigenvalue weighted by molar-refractivity contribution is 9.10. The molecule has 2 N–H and O–H groups in total. The van der Waals surface area contributed by atoms with E-state index in [9.17, 15) is 0 Å². The molecule has 3 nitrogen and oxygen atoms in total. The molecule has 1 aliphatic rings. The molecular formula is C11H16BrN3. The van der Waals surface area contributed by atoms with Gasteiger partial charge in [-0.3, -0.25) is 4.98 Å². The van der Waals surface area contributed by atoms with Crippen molar-refractivity contribution < 1.29 is 0 Å². The SMILES string of the molecule is CC1CN(c2c(N)cncc2Br)CC1C. The second kappa shape index (κ2) is 4.00. The maximum atomic E-state index is 5.96. The van der Waals surface area contributed by atoms with E-state index in [1.807, 2.05) is 0 Å². The summed E-state index contributed by atoms with van der Waals surface area (Å²) in [5.41, 5.74) is 7.81. The van der Waals surface area contributed by atoms with E-state index in [0.717, 1.165) is 40.8 Å². The average molecular weight is 270 g/mol. The Morgan fingerprint density at radius 3 is 2.47 bits per heavy atom. The third-order valence-corrected chi connectivity index (χ3v) is 3.79. The van der Waals surface area contributed by atoms with Gasteiger partial charge in [0.15, 0.2) is 0 Å². The summed E-state index contributed by atoms with van der Waals surface area (Å²) in [6.45, 7) is 6.73. The Balaban J connectivity index is 2.31. The third-order valence-electron chi connectivity index (χ3n) is 3.21. The fourth-order valence-corrected chi connectivity index (χ4v) is 2.69. The van der Waals surface area contributed by atoms with E-state index in [1.165, 1.54) is 0 Å². The summed E-state index contributed by atoms with van der Waals surface area (Å²) in [5, 5.41) is 0. The van der Waals surface area contributed by atoms with Crippen molar-refractivity contribution in [2.45, 2.75) is 13.8 Å². The molecular weight excluding hydrogens is 254 g/mol. The number of hydrogen-bond donors (Lipinski definition) is 1. The van der Waals surface area contributed by atoms with Crippen LogP contribution in [0.5, 0.6) is 0 Å². The van der Waals surface area contributed by atoms with Crippen LogP contribution in [0.4, 0.5) is 11.4 Å². The van der Waals surface area contributed by atoms with Gasteiger partial charge < -0.3 is 10.6 Å². The topological polar surface area (TPSA) is 42.1 Å². The summed E-state index contributed by atoms with van der Waals surface area (Å²) in [7, 11) is 0. The monoisotopic (exact) mass is 269 g/mol. The van der Waals surface area contributed by atoms with Crippen LogP contribution in [0.3, 0.4) is 0 Å². The number of aromatic nitrogens is 1. The van der Waals surface area contributed by atoms with Gasteiger partial charge in [-0.1, -0.05) is 13.8 Å². The van der Waals surface area contributed by atoms with Crippen LogP contribution in [0.25, 0.3) is 0 Å². The van der Waals surface area contributed by atoms with Crippen molar-refractivity contribution in [2.75, 3.05) is 23.7 Å². The zero-order valence-corrected chi connectivity index (χ0v) is 10.7. The Hall–Kier alpha value is -0.770. The fraction of sp³-hybridized carbons (Fsp3) is 0.545. The predicted molar refractivity (Wildman–Crippen MR) is 66.9 cm³/mol. The Kier molecular flexibility index (Phi) is 2.87. The number of pyridine rings is 1. The Morgan fingerprint density at radius 1 is 1.33 bits per heavy atom. The van der Waals surface area contributed by atoms with Crippen LogP contribution in [0.2, 0.25) is 0 Å². The average Bonchev–Trinajstić information content (AvgIpc) is 2.46. The van der Waals surface area contributed by atoms with Crippen molar-refractivity contribution in [3.8, 4) is 0 Å². The lowest BCUT2D eigenvalue weighted by Gasteiger charge is -2.21. The van der Waals surface area contributed by atoms with Gasteiger partial charge in [0.05, 0.1) is 22.0 Å². The van der Waals surface area contributed by atoms with E-state index in [0.29, 0.717) is 0 Å². The molecule has 1 fully saturated rings. The largest absolute Gasteiger partial charge is 0.396 e. The number of nitrogen functional groups attached to an aromatic ring is 1. The maximum absolute atomic E-state index is 5.96. The Labute approximate surface area is 98.8 Å². The van der Waals surface area contributed by atoms with Crippen molar-refractivity contribution in [3.63, 3.8) is 0 Å². The number of nitrogens with two attached hydrogens (primary N) is 1. The Morgan fingerprint density at radius 2 is 1.93 bits per heavy atom. The van der Waals surface area contributed by atoms with Gasteiger partial charge in [0, 0.05) is 19.3 Å². The molecule has 2 rings (SSSR count). The first-order valence-electron chi connectivity index (χ1n) is 5.23. The first-order chi connectivity index (χ1) is 7.09. The number of hydrogen-bond acceptors (Lipinski definition) is 3. The van der Waals surface area contributed by atoms with Crippen LogP contribution in [-0.2, 0) is 0 Å². The van der Waals surface area contributed by atoms with Crippen molar-refractivity contribution in [1.82, 2.24) is 4.98 Å². The summed E-state index contributed by atoms with van der Waals surface area (Å²) in [6.07, 6.45) is 3.52. The third kappa shape index (κ3) is 1.95. The van der Waals surface area contributed by atoms with Gasteiger partial charge >= 0.3 is 0 Å². The molecule has 1 aromatic heterocycles. The van der Waals surface area contributed by atoms with Gasteiger partial charge in [-0.05, 0) is 27.8 Å². The van der Waals surface area contributed by atoms with Gasteiger partial charge in [-0.2, -0.15) is 0 Å². The van der Waals surface area contributed by atoms with Crippen LogP contribution in [-0.4, -0.2) is 18.1 Å². The lowest BCUT2D eigenvalue weighted by atomic mass is 10.0. The molecule has 0 aromatic carbocycles. The predicted octanol–water partition coefficient (Wildman–Crippen LogP) is 2.52. The molecule has 2 unspecified atom stereocenters. The molecule has 1 aromatic rings. The molecule has 2 atom stereocenters. The molecule has 0 aliphatic carbocycles. The highest BCUT2D eigenvalue weighted by Gasteiger charge is 2.28. The van der Waals surface area contributed by atoms with Crippen molar-refractivity contribution >= 4 is 27.3 Å². The van der Waals surface area contributed by atoms with Crippen LogP contribution in [0, 0.1) is 11.8 Å². The van der Waals surface area contributed by atoms with E-state index < -0.39 is 0 Å². The molecule has 15 heavy (non-hydrogen) atoms.